The van der Waals surface area contributed by atoms with Gasteiger partial charge in [0.05, 0.1) is 4.92 Å². The molecule has 0 unspecified atom stereocenters. The summed E-state index contributed by atoms with van der Waals surface area (Å²) in [5.74, 6) is -0.249. The summed E-state index contributed by atoms with van der Waals surface area (Å²) in [6, 6.07) is 6.06. The van der Waals surface area contributed by atoms with Crippen LogP contribution in [0, 0.1) is 10.1 Å². The summed E-state index contributed by atoms with van der Waals surface area (Å²) in [5.41, 5.74) is 0.627. The van der Waals surface area contributed by atoms with Crippen molar-refractivity contribution in [2.45, 2.75) is 0 Å². The summed E-state index contributed by atoms with van der Waals surface area (Å²) in [6.45, 7) is 0. The van der Waals surface area contributed by atoms with Crippen LogP contribution < -0.4 is 5.32 Å². The van der Waals surface area contributed by atoms with Crippen molar-refractivity contribution in [3.05, 3.63) is 46.0 Å². The number of hydrogen-bond donors (Lipinski definition) is 1. The van der Waals surface area contributed by atoms with E-state index in [0.29, 0.717) is 5.56 Å². The van der Waals surface area contributed by atoms with Crippen LogP contribution in [0.25, 0.3) is 6.08 Å². The number of benzene rings is 1. The van der Waals surface area contributed by atoms with Crippen molar-refractivity contribution in [2.75, 3.05) is 7.05 Å². The van der Waals surface area contributed by atoms with Gasteiger partial charge >= 0.3 is 0 Å². The fourth-order valence-corrected chi connectivity index (χ4v) is 0.997. The van der Waals surface area contributed by atoms with Crippen LogP contribution in [0.2, 0.25) is 0 Å². The molecule has 1 aromatic rings. The third kappa shape index (κ3) is 3.22. The number of nitro groups is 1. The number of nitrogens with one attached hydrogen (secondary N) is 1. The number of non-ortho nitro benzene ring substituents is 1. The van der Waals surface area contributed by atoms with Gasteiger partial charge in [-0.1, -0.05) is 12.1 Å². The molecule has 0 heterocycles. The van der Waals surface area contributed by atoms with Crippen LogP contribution >= 0.6 is 0 Å². The monoisotopic (exact) mass is 206 g/mol. The van der Waals surface area contributed by atoms with Gasteiger partial charge in [0.15, 0.2) is 0 Å². The summed E-state index contributed by atoms with van der Waals surface area (Å²) >= 11 is 0. The molecule has 0 saturated carbocycles. The predicted molar refractivity (Wildman–Crippen MR) is 56.2 cm³/mol. The van der Waals surface area contributed by atoms with Crippen molar-refractivity contribution < 1.29 is 9.72 Å². The summed E-state index contributed by atoms with van der Waals surface area (Å²) in [4.78, 5) is 20.8. The predicted octanol–water partition coefficient (Wildman–Crippen LogP) is 1.35. The summed E-state index contributed by atoms with van der Waals surface area (Å²) in [5, 5.41) is 12.9. The molecule has 0 spiro atoms. The van der Waals surface area contributed by atoms with Gasteiger partial charge in [-0.25, -0.2) is 0 Å². The van der Waals surface area contributed by atoms with Crippen molar-refractivity contribution in [1.29, 1.82) is 0 Å². The number of nitro benzene ring substituents is 1. The fraction of sp³-hybridized carbons (Fsp3) is 0.100. The third-order valence-electron chi connectivity index (χ3n) is 1.75. The second-order valence-electron chi connectivity index (χ2n) is 2.80. The normalized spacial score (nSPS) is 10.2. The van der Waals surface area contributed by atoms with Crippen LogP contribution in [-0.4, -0.2) is 17.9 Å². The molecule has 0 fully saturated rings. The minimum absolute atomic E-state index is 0.00839. The Hall–Kier alpha value is -2.17. The molecule has 0 radical (unpaired) electrons. The number of nitrogens with zero attached hydrogens (tertiary/aromatic N) is 1. The van der Waals surface area contributed by atoms with Crippen LogP contribution in [0.3, 0.4) is 0 Å². The Morgan fingerprint density at radius 2 is 2.27 bits per heavy atom. The van der Waals surface area contributed by atoms with E-state index in [0.717, 1.165) is 0 Å². The highest BCUT2D eigenvalue weighted by atomic mass is 16.6. The Morgan fingerprint density at radius 3 is 2.87 bits per heavy atom. The number of rotatable bonds is 3. The maximum absolute atomic E-state index is 10.9. The van der Waals surface area contributed by atoms with Gasteiger partial charge in [0.25, 0.3) is 5.69 Å². The van der Waals surface area contributed by atoms with E-state index in [4.69, 9.17) is 0 Å². The van der Waals surface area contributed by atoms with E-state index >= 15 is 0 Å². The first-order chi connectivity index (χ1) is 7.13. The van der Waals surface area contributed by atoms with Gasteiger partial charge in [-0.2, -0.15) is 0 Å². The molecule has 0 saturated heterocycles. The van der Waals surface area contributed by atoms with Crippen molar-refractivity contribution >= 4 is 17.7 Å². The zero-order chi connectivity index (χ0) is 11.3. The van der Waals surface area contributed by atoms with Gasteiger partial charge in [-0.3, -0.25) is 14.9 Å². The van der Waals surface area contributed by atoms with Crippen molar-refractivity contribution in [3.8, 4) is 0 Å². The minimum atomic E-state index is -0.475. The molecule has 1 rings (SSSR count). The second-order valence-corrected chi connectivity index (χ2v) is 2.80. The molecule has 0 aliphatic heterocycles. The first-order valence-corrected chi connectivity index (χ1v) is 4.27. The first-order valence-electron chi connectivity index (χ1n) is 4.27. The summed E-state index contributed by atoms with van der Waals surface area (Å²) in [6.07, 6.45) is 2.84. The van der Waals surface area contributed by atoms with Crippen LogP contribution in [0.1, 0.15) is 5.56 Å². The molecule has 78 valence electrons. The first kappa shape index (κ1) is 10.9. The molecule has 1 N–H and O–H groups in total. The zero-order valence-electron chi connectivity index (χ0n) is 8.14. The highest BCUT2D eigenvalue weighted by molar-refractivity contribution is 5.91. The van der Waals surface area contributed by atoms with Crippen molar-refractivity contribution in [2.24, 2.45) is 0 Å². The number of carbonyl (C=O) groups excluding carboxylic acids is 1. The van der Waals surface area contributed by atoms with Gasteiger partial charge in [0.1, 0.15) is 0 Å². The minimum Gasteiger partial charge on any atom is -0.356 e. The Bertz CT molecular complexity index is 413. The average Bonchev–Trinajstić information content (AvgIpc) is 2.26. The molecule has 1 aromatic carbocycles. The lowest BCUT2D eigenvalue weighted by atomic mass is 10.2. The lowest BCUT2D eigenvalue weighted by Gasteiger charge is -1.94. The standard InChI is InChI=1S/C10H10N2O3/c1-11-10(13)6-5-8-3-2-4-9(7-8)12(14)15/h2-7H,1H3,(H,11,13)/b6-5+. The van der Waals surface area contributed by atoms with E-state index in [1.165, 1.54) is 31.3 Å². The van der Waals surface area contributed by atoms with Gasteiger partial charge in [0.2, 0.25) is 5.91 Å². The largest absolute Gasteiger partial charge is 0.356 e. The van der Waals surface area contributed by atoms with Crippen LogP contribution in [0.15, 0.2) is 30.3 Å². The third-order valence-corrected chi connectivity index (χ3v) is 1.75. The van der Waals surface area contributed by atoms with Crippen LogP contribution in [-0.2, 0) is 4.79 Å². The SMILES string of the molecule is CNC(=O)/C=C/c1cccc([N+](=O)[O-])c1. The van der Waals surface area contributed by atoms with E-state index < -0.39 is 4.92 Å². The Labute approximate surface area is 86.6 Å². The molecule has 0 bridgehead atoms. The van der Waals surface area contributed by atoms with Crippen molar-refractivity contribution in [3.63, 3.8) is 0 Å². The van der Waals surface area contributed by atoms with E-state index in [1.54, 1.807) is 12.1 Å². The Morgan fingerprint density at radius 1 is 1.53 bits per heavy atom. The molecule has 5 heteroatoms. The van der Waals surface area contributed by atoms with Gasteiger partial charge < -0.3 is 5.32 Å². The average molecular weight is 206 g/mol. The zero-order valence-corrected chi connectivity index (χ0v) is 8.14. The molecule has 1 amide bonds. The lowest BCUT2D eigenvalue weighted by Crippen LogP contribution is -2.13. The molecule has 0 aromatic heterocycles. The number of amides is 1. The quantitative estimate of drug-likeness (QED) is 0.461. The smallest absolute Gasteiger partial charge is 0.270 e. The summed E-state index contributed by atoms with van der Waals surface area (Å²) in [7, 11) is 1.51. The Balaban J connectivity index is 2.87. The van der Waals surface area contributed by atoms with Crippen molar-refractivity contribution in [1.82, 2.24) is 5.32 Å². The van der Waals surface area contributed by atoms with E-state index in [-0.39, 0.29) is 11.6 Å². The molecule has 0 atom stereocenters. The van der Waals surface area contributed by atoms with Gasteiger partial charge in [-0.05, 0) is 11.6 Å². The maximum atomic E-state index is 10.9. The van der Waals surface area contributed by atoms with Gasteiger partial charge in [0, 0.05) is 25.3 Å². The van der Waals surface area contributed by atoms with E-state index in [2.05, 4.69) is 5.32 Å². The number of likely N-dealkylation sites (N-methyl/N-ethyl adjacent to an activating group) is 1. The number of carbonyl (C=O) groups is 1. The molecular weight excluding hydrogens is 196 g/mol. The molecule has 15 heavy (non-hydrogen) atoms. The molecular formula is C10H10N2O3. The lowest BCUT2D eigenvalue weighted by molar-refractivity contribution is -0.384. The second kappa shape index (κ2) is 4.90. The topological polar surface area (TPSA) is 72.2 Å². The van der Waals surface area contributed by atoms with Crippen LogP contribution in [0.5, 0.6) is 0 Å². The fourth-order valence-electron chi connectivity index (χ4n) is 0.997. The van der Waals surface area contributed by atoms with E-state index in [1.807, 2.05) is 0 Å². The highest BCUT2D eigenvalue weighted by Gasteiger charge is 2.03. The summed E-state index contributed by atoms with van der Waals surface area (Å²) < 4.78 is 0. The van der Waals surface area contributed by atoms with Gasteiger partial charge in [-0.15, -0.1) is 0 Å². The number of hydrogen-bond acceptors (Lipinski definition) is 3. The highest BCUT2D eigenvalue weighted by Crippen LogP contribution is 2.13. The Kier molecular flexibility index (Phi) is 3.56. The van der Waals surface area contributed by atoms with Crippen LogP contribution in [0.4, 0.5) is 5.69 Å². The van der Waals surface area contributed by atoms with E-state index in [9.17, 15) is 14.9 Å². The molecule has 5 nitrogen and oxygen atoms in total. The molecule has 0 aliphatic rings. The maximum Gasteiger partial charge on any atom is 0.270 e. The molecule has 0 aliphatic carbocycles.